The first-order valence-corrected chi connectivity index (χ1v) is 9.18. The highest BCUT2D eigenvalue weighted by atomic mass is 35.5. The summed E-state index contributed by atoms with van der Waals surface area (Å²) in [4.78, 5) is 29.0. The molecule has 1 aliphatic heterocycles. The van der Waals surface area contributed by atoms with Crippen molar-refractivity contribution in [1.82, 2.24) is 0 Å². The average molecular weight is 385 g/mol. The fourth-order valence-electron chi connectivity index (χ4n) is 3.22. The Bertz CT molecular complexity index is 902. The van der Waals surface area contributed by atoms with Crippen molar-refractivity contribution in [2.24, 2.45) is 0 Å². The van der Waals surface area contributed by atoms with Crippen LogP contribution in [0.2, 0.25) is 0 Å². The van der Waals surface area contributed by atoms with E-state index in [1.807, 2.05) is 12.1 Å². The van der Waals surface area contributed by atoms with E-state index in [9.17, 15) is 9.59 Å². The quantitative estimate of drug-likeness (QED) is 0.704. The second-order valence-corrected chi connectivity index (χ2v) is 6.40. The van der Waals surface area contributed by atoms with Crippen LogP contribution in [0.1, 0.15) is 19.4 Å². The average Bonchev–Trinajstić information content (AvgIpc) is 2.92. The van der Waals surface area contributed by atoms with Crippen molar-refractivity contribution >= 4 is 40.4 Å². The number of carbonyl (C=O) groups excluding carboxylic acids is 2. The van der Waals surface area contributed by atoms with Crippen molar-refractivity contribution in [3.05, 3.63) is 59.1 Å². The summed E-state index contributed by atoms with van der Waals surface area (Å²) in [6.07, 6.45) is 0. The molecular formula is C21H21ClN2O3. The molecule has 0 saturated carbocycles. The molecule has 5 nitrogen and oxygen atoms in total. The van der Waals surface area contributed by atoms with Gasteiger partial charge in [-0.05, 0) is 44.2 Å². The van der Waals surface area contributed by atoms with Crippen molar-refractivity contribution in [2.75, 3.05) is 30.0 Å². The molecule has 0 aliphatic carbocycles. The van der Waals surface area contributed by atoms with Gasteiger partial charge in [0.05, 0.1) is 18.4 Å². The number of hydrogen-bond donors (Lipinski definition) is 0. The Labute approximate surface area is 163 Å². The number of rotatable bonds is 6. The fraction of sp³-hybridized carbons (Fsp3) is 0.238. The number of hydrogen-bond acceptors (Lipinski definition) is 4. The van der Waals surface area contributed by atoms with E-state index in [4.69, 9.17) is 16.3 Å². The summed E-state index contributed by atoms with van der Waals surface area (Å²) in [7, 11) is 1.51. The lowest BCUT2D eigenvalue weighted by atomic mass is 10.0. The Morgan fingerprint density at radius 1 is 0.963 bits per heavy atom. The molecule has 1 aliphatic rings. The lowest BCUT2D eigenvalue weighted by Crippen LogP contribution is -2.31. The lowest BCUT2D eigenvalue weighted by Gasteiger charge is -2.22. The van der Waals surface area contributed by atoms with Crippen LogP contribution in [0, 0.1) is 0 Å². The summed E-state index contributed by atoms with van der Waals surface area (Å²) in [5, 5.41) is -0.0997. The normalized spacial score (nSPS) is 14.1. The van der Waals surface area contributed by atoms with Gasteiger partial charge in [0.15, 0.2) is 0 Å². The highest BCUT2D eigenvalue weighted by molar-refractivity contribution is 6.60. The number of para-hydroxylation sites is 1. The molecule has 0 unspecified atom stereocenters. The number of methoxy groups -OCH3 is 1. The predicted molar refractivity (Wildman–Crippen MR) is 108 cm³/mol. The smallest absolute Gasteiger partial charge is 0.277 e. The topological polar surface area (TPSA) is 49.9 Å². The van der Waals surface area contributed by atoms with Crippen LogP contribution in [-0.4, -0.2) is 32.0 Å². The van der Waals surface area contributed by atoms with Crippen molar-refractivity contribution in [3.8, 4) is 5.75 Å². The third-order valence-electron chi connectivity index (χ3n) is 4.64. The van der Waals surface area contributed by atoms with Gasteiger partial charge in [-0.2, -0.15) is 0 Å². The zero-order chi connectivity index (χ0) is 19.6. The third-order valence-corrected chi connectivity index (χ3v) is 4.99. The highest BCUT2D eigenvalue weighted by Gasteiger charge is 2.40. The molecule has 6 heteroatoms. The Morgan fingerprint density at radius 3 is 2.19 bits per heavy atom. The number of halogens is 1. The van der Waals surface area contributed by atoms with E-state index in [1.165, 1.54) is 7.11 Å². The largest absolute Gasteiger partial charge is 0.496 e. The molecule has 0 spiro atoms. The fourth-order valence-corrected chi connectivity index (χ4v) is 3.49. The van der Waals surface area contributed by atoms with E-state index in [-0.39, 0.29) is 10.6 Å². The van der Waals surface area contributed by atoms with Crippen molar-refractivity contribution in [3.63, 3.8) is 0 Å². The Kier molecular flexibility index (Phi) is 5.51. The number of anilines is 2. The van der Waals surface area contributed by atoms with Crippen molar-refractivity contribution < 1.29 is 14.3 Å². The van der Waals surface area contributed by atoms with Crippen LogP contribution in [0.15, 0.2) is 53.6 Å². The van der Waals surface area contributed by atoms with Gasteiger partial charge in [-0.15, -0.1) is 0 Å². The molecule has 0 atom stereocenters. The molecule has 0 N–H and O–H groups in total. The van der Waals surface area contributed by atoms with Crippen molar-refractivity contribution in [2.45, 2.75) is 13.8 Å². The van der Waals surface area contributed by atoms with Gasteiger partial charge in [0, 0.05) is 24.3 Å². The molecule has 0 saturated heterocycles. The number of benzene rings is 2. The molecular weight excluding hydrogens is 364 g/mol. The minimum absolute atomic E-state index is 0.0997. The first-order valence-electron chi connectivity index (χ1n) is 8.80. The zero-order valence-electron chi connectivity index (χ0n) is 15.5. The number of ether oxygens (including phenoxy) is 1. The van der Waals surface area contributed by atoms with E-state index in [2.05, 4.69) is 18.7 Å². The van der Waals surface area contributed by atoms with Crippen LogP contribution >= 0.6 is 11.6 Å². The first kappa shape index (κ1) is 19.0. The van der Waals surface area contributed by atoms with Crippen LogP contribution in [-0.2, 0) is 9.59 Å². The second kappa shape index (κ2) is 7.84. The molecule has 0 aromatic heterocycles. The lowest BCUT2D eigenvalue weighted by molar-refractivity contribution is -0.119. The van der Waals surface area contributed by atoms with Crippen LogP contribution in [0.4, 0.5) is 11.4 Å². The van der Waals surface area contributed by atoms with Crippen molar-refractivity contribution in [1.29, 1.82) is 0 Å². The molecule has 2 aromatic rings. The van der Waals surface area contributed by atoms with Gasteiger partial charge in [0.1, 0.15) is 10.8 Å². The van der Waals surface area contributed by atoms with E-state index < -0.39 is 11.8 Å². The molecule has 27 heavy (non-hydrogen) atoms. The Hall–Kier alpha value is -2.79. The van der Waals surface area contributed by atoms with E-state index in [0.29, 0.717) is 17.0 Å². The Morgan fingerprint density at radius 2 is 1.59 bits per heavy atom. The van der Waals surface area contributed by atoms with Crippen LogP contribution in [0.5, 0.6) is 5.75 Å². The van der Waals surface area contributed by atoms with Gasteiger partial charge in [0.2, 0.25) is 0 Å². The Balaban J connectivity index is 1.96. The van der Waals surface area contributed by atoms with Gasteiger partial charge in [-0.3, -0.25) is 9.59 Å². The summed E-state index contributed by atoms with van der Waals surface area (Å²) in [6.45, 7) is 5.91. The number of carbonyl (C=O) groups is 2. The molecule has 1 heterocycles. The van der Waals surface area contributed by atoms with Gasteiger partial charge in [-0.25, -0.2) is 4.90 Å². The van der Waals surface area contributed by atoms with Gasteiger partial charge >= 0.3 is 0 Å². The number of imide groups is 1. The standard InChI is InChI=1S/C21H21ClN2O3/c1-4-23(5-2)14-10-12-15(13-11-14)24-20(25)18(19(22)21(24)26)16-8-6-7-9-17(16)27-3/h6-13H,4-5H2,1-3H3. The van der Waals surface area contributed by atoms with Crippen LogP contribution in [0.25, 0.3) is 5.57 Å². The third kappa shape index (κ3) is 3.30. The van der Waals surface area contributed by atoms with E-state index in [1.54, 1.807) is 36.4 Å². The number of amides is 2. The molecule has 0 bridgehead atoms. The zero-order valence-corrected chi connectivity index (χ0v) is 16.3. The summed E-state index contributed by atoms with van der Waals surface area (Å²) in [5.74, 6) is -0.492. The summed E-state index contributed by atoms with van der Waals surface area (Å²) >= 11 is 6.26. The predicted octanol–water partition coefficient (Wildman–Crippen LogP) is 4.06. The molecule has 140 valence electrons. The molecule has 0 radical (unpaired) electrons. The SMILES string of the molecule is CCN(CC)c1ccc(N2C(=O)C(Cl)=C(c3ccccc3OC)C2=O)cc1. The molecule has 2 aromatic carbocycles. The maximum Gasteiger partial charge on any atom is 0.277 e. The summed E-state index contributed by atoms with van der Waals surface area (Å²) in [6, 6.07) is 14.3. The van der Waals surface area contributed by atoms with Gasteiger partial charge in [-0.1, -0.05) is 29.8 Å². The highest BCUT2D eigenvalue weighted by Crippen LogP contribution is 2.38. The van der Waals surface area contributed by atoms with Crippen LogP contribution < -0.4 is 14.5 Å². The number of nitrogens with zero attached hydrogens (tertiary/aromatic N) is 2. The maximum absolute atomic E-state index is 13.0. The molecule has 0 fully saturated rings. The minimum Gasteiger partial charge on any atom is -0.496 e. The minimum atomic E-state index is -0.529. The second-order valence-electron chi connectivity index (χ2n) is 6.02. The van der Waals surface area contributed by atoms with Gasteiger partial charge in [0.25, 0.3) is 11.8 Å². The molecule has 3 rings (SSSR count). The summed E-state index contributed by atoms with van der Waals surface area (Å²) < 4.78 is 5.32. The van der Waals surface area contributed by atoms with E-state index in [0.717, 1.165) is 23.7 Å². The first-order chi connectivity index (χ1) is 13.0. The van der Waals surface area contributed by atoms with Gasteiger partial charge < -0.3 is 9.64 Å². The van der Waals surface area contributed by atoms with E-state index >= 15 is 0 Å². The monoisotopic (exact) mass is 384 g/mol. The summed E-state index contributed by atoms with van der Waals surface area (Å²) in [5.41, 5.74) is 2.19. The van der Waals surface area contributed by atoms with Crippen LogP contribution in [0.3, 0.4) is 0 Å². The molecule has 2 amide bonds. The maximum atomic E-state index is 13.0.